The first-order valence-electron chi connectivity index (χ1n) is 4.48. The summed E-state index contributed by atoms with van der Waals surface area (Å²) in [5.74, 6) is 5.46. The second kappa shape index (κ2) is 3.98. The first-order chi connectivity index (χ1) is 6.88. The number of alkyl halides is 3. The van der Waals surface area contributed by atoms with E-state index in [-0.39, 0.29) is 5.56 Å². The number of hydrogen-bond donors (Lipinski definition) is 0. The minimum absolute atomic E-state index is 0.253. The van der Waals surface area contributed by atoms with E-state index in [4.69, 9.17) is 0 Å². The van der Waals surface area contributed by atoms with Crippen molar-refractivity contribution in [3.63, 3.8) is 0 Å². The van der Waals surface area contributed by atoms with Crippen molar-refractivity contribution < 1.29 is 13.2 Å². The SMILES string of the molecule is CC#Cc1ccc(C(F)(F)F)c(C)c1C. The van der Waals surface area contributed by atoms with Crippen molar-refractivity contribution in [1.29, 1.82) is 0 Å². The summed E-state index contributed by atoms with van der Waals surface area (Å²) in [5.41, 5.74) is 0.923. The summed E-state index contributed by atoms with van der Waals surface area (Å²) in [6.45, 7) is 4.79. The molecule has 0 heterocycles. The Morgan fingerprint density at radius 2 is 1.67 bits per heavy atom. The number of halogens is 3. The van der Waals surface area contributed by atoms with Crippen LogP contribution in [0.15, 0.2) is 12.1 Å². The maximum Gasteiger partial charge on any atom is 0.416 e. The molecular weight excluding hydrogens is 201 g/mol. The highest BCUT2D eigenvalue weighted by molar-refractivity contribution is 5.48. The van der Waals surface area contributed by atoms with E-state index in [2.05, 4.69) is 11.8 Å². The predicted molar refractivity (Wildman–Crippen MR) is 53.5 cm³/mol. The highest BCUT2D eigenvalue weighted by Gasteiger charge is 2.32. The molecule has 3 heteroatoms. The molecule has 0 aliphatic rings. The van der Waals surface area contributed by atoms with Gasteiger partial charge in [-0.1, -0.05) is 5.92 Å². The van der Waals surface area contributed by atoms with Crippen molar-refractivity contribution >= 4 is 0 Å². The van der Waals surface area contributed by atoms with Crippen LogP contribution in [0.25, 0.3) is 0 Å². The second-order valence-electron chi connectivity index (χ2n) is 3.28. The van der Waals surface area contributed by atoms with Crippen LogP contribution in [0.4, 0.5) is 13.2 Å². The molecule has 0 radical (unpaired) electrons. The summed E-state index contributed by atoms with van der Waals surface area (Å²) >= 11 is 0. The maximum absolute atomic E-state index is 12.5. The van der Waals surface area contributed by atoms with Crippen molar-refractivity contribution in [3.05, 3.63) is 34.4 Å². The van der Waals surface area contributed by atoms with E-state index in [0.717, 1.165) is 6.07 Å². The fourth-order valence-corrected chi connectivity index (χ4v) is 1.40. The van der Waals surface area contributed by atoms with Gasteiger partial charge < -0.3 is 0 Å². The molecule has 1 aromatic carbocycles. The summed E-state index contributed by atoms with van der Waals surface area (Å²) < 4.78 is 37.5. The zero-order valence-electron chi connectivity index (χ0n) is 8.79. The molecule has 0 aromatic heterocycles. The van der Waals surface area contributed by atoms with Gasteiger partial charge in [-0.3, -0.25) is 0 Å². The van der Waals surface area contributed by atoms with Gasteiger partial charge in [0.25, 0.3) is 0 Å². The van der Waals surface area contributed by atoms with Crippen LogP contribution in [0.2, 0.25) is 0 Å². The molecule has 1 aromatic rings. The Morgan fingerprint density at radius 3 is 2.13 bits per heavy atom. The quantitative estimate of drug-likeness (QED) is 0.575. The Morgan fingerprint density at radius 1 is 1.07 bits per heavy atom. The van der Waals surface area contributed by atoms with E-state index >= 15 is 0 Å². The van der Waals surface area contributed by atoms with Gasteiger partial charge in [0.15, 0.2) is 0 Å². The molecule has 0 saturated heterocycles. The summed E-state index contributed by atoms with van der Waals surface area (Å²) in [6, 6.07) is 2.50. The zero-order chi connectivity index (χ0) is 11.6. The highest BCUT2D eigenvalue weighted by Crippen LogP contribution is 2.33. The molecule has 0 saturated carbocycles. The number of benzene rings is 1. The number of hydrogen-bond acceptors (Lipinski definition) is 0. The molecule has 0 atom stereocenters. The molecule has 0 bridgehead atoms. The Labute approximate surface area is 87.1 Å². The lowest BCUT2D eigenvalue weighted by Gasteiger charge is -2.13. The largest absolute Gasteiger partial charge is 0.416 e. The minimum Gasteiger partial charge on any atom is -0.166 e. The maximum atomic E-state index is 12.5. The van der Waals surface area contributed by atoms with Crippen molar-refractivity contribution in [2.45, 2.75) is 26.9 Å². The third kappa shape index (κ3) is 2.33. The van der Waals surface area contributed by atoms with E-state index in [1.807, 2.05) is 0 Å². The van der Waals surface area contributed by atoms with Crippen molar-refractivity contribution in [2.75, 3.05) is 0 Å². The lowest BCUT2D eigenvalue weighted by molar-refractivity contribution is -0.138. The standard InChI is InChI=1S/C12H11F3/c1-4-5-10-6-7-11(12(13,14)15)9(3)8(10)2/h6-7H,1-3H3. The first kappa shape index (κ1) is 11.6. The van der Waals surface area contributed by atoms with Crippen molar-refractivity contribution in [1.82, 2.24) is 0 Å². The molecule has 0 unspecified atom stereocenters. The second-order valence-corrected chi connectivity index (χ2v) is 3.28. The van der Waals surface area contributed by atoms with Crippen molar-refractivity contribution in [3.8, 4) is 11.8 Å². The summed E-state index contributed by atoms with van der Waals surface area (Å²) in [7, 11) is 0. The summed E-state index contributed by atoms with van der Waals surface area (Å²) in [5, 5.41) is 0. The van der Waals surface area contributed by atoms with E-state index in [9.17, 15) is 13.2 Å². The van der Waals surface area contributed by atoms with E-state index in [1.54, 1.807) is 13.8 Å². The predicted octanol–water partition coefficient (Wildman–Crippen LogP) is 3.69. The molecular formula is C12H11F3. The Hall–Kier alpha value is -1.43. The van der Waals surface area contributed by atoms with Crippen LogP contribution < -0.4 is 0 Å². The fraction of sp³-hybridized carbons (Fsp3) is 0.333. The third-order valence-electron chi connectivity index (χ3n) is 2.35. The lowest BCUT2D eigenvalue weighted by Crippen LogP contribution is -2.09. The van der Waals surface area contributed by atoms with E-state index in [0.29, 0.717) is 11.1 Å². The highest BCUT2D eigenvalue weighted by atomic mass is 19.4. The average molecular weight is 212 g/mol. The fourth-order valence-electron chi connectivity index (χ4n) is 1.40. The monoisotopic (exact) mass is 212 g/mol. The molecule has 0 amide bonds. The number of rotatable bonds is 0. The molecule has 80 valence electrons. The van der Waals surface area contributed by atoms with Crippen LogP contribution in [0.1, 0.15) is 29.2 Å². The molecule has 0 aliphatic heterocycles. The van der Waals surface area contributed by atoms with Crippen LogP contribution in [0, 0.1) is 25.7 Å². The van der Waals surface area contributed by atoms with Gasteiger partial charge >= 0.3 is 6.18 Å². The van der Waals surface area contributed by atoms with Crippen LogP contribution in [-0.2, 0) is 6.18 Å². The van der Waals surface area contributed by atoms with E-state index in [1.165, 1.54) is 13.0 Å². The van der Waals surface area contributed by atoms with Gasteiger partial charge in [0.2, 0.25) is 0 Å². The third-order valence-corrected chi connectivity index (χ3v) is 2.35. The van der Waals surface area contributed by atoms with Crippen LogP contribution in [0.5, 0.6) is 0 Å². The van der Waals surface area contributed by atoms with Gasteiger partial charge in [-0.15, -0.1) is 5.92 Å². The normalized spacial score (nSPS) is 10.8. The average Bonchev–Trinajstić information content (AvgIpc) is 2.11. The molecule has 15 heavy (non-hydrogen) atoms. The van der Waals surface area contributed by atoms with Gasteiger partial charge in [0.05, 0.1) is 5.56 Å². The molecule has 0 aliphatic carbocycles. The Bertz CT molecular complexity index is 431. The Balaban J connectivity index is 3.38. The zero-order valence-corrected chi connectivity index (χ0v) is 8.79. The van der Waals surface area contributed by atoms with Gasteiger partial charge in [0.1, 0.15) is 0 Å². The molecule has 0 N–H and O–H groups in total. The van der Waals surface area contributed by atoms with Crippen LogP contribution in [0.3, 0.4) is 0 Å². The molecule has 1 rings (SSSR count). The molecule has 0 fully saturated rings. The smallest absolute Gasteiger partial charge is 0.166 e. The lowest BCUT2D eigenvalue weighted by atomic mass is 9.98. The molecule has 0 nitrogen and oxygen atoms in total. The van der Waals surface area contributed by atoms with Gasteiger partial charge in [-0.25, -0.2) is 0 Å². The van der Waals surface area contributed by atoms with Gasteiger partial charge in [-0.05, 0) is 44.0 Å². The molecule has 0 spiro atoms. The van der Waals surface area contributed by atoms with Gasteiger partial charge in [0, 0.05) is 5.56 Å². The Kier molecular flexibility index (Phi) is 3.09. The minimum atomic E-state index is -4.28. The first-order valence-corrected chi connectivity index (χ1v) is 4.48. The summed E-state index contributed by atoms with van der Waals surface area (Å²) in [4.78, 5) is 0. The van der Waals surface area contributed by atoms with Crippen LogP contribution in [-0.4, -0.2) is 0 Å². The van der Waals surface area contributed by atoms with E-state index < -0.39 is 11.7 Å². The van der Waals surface area contributed by atoms with Crippen LogP contribution >= 0.6 is 0 Å². The van der Waals surface area contributed by atoms with Gasteiger partial charge in [-0.2, -0.15) is 13.2 Å². The summed E-state index contributed by atoms with van der Waals surface area (Å²) in [6.07, 6.45) is -4.28. The topological polar surface area (TPSA) is 0 Å². The van der Waals surface area contributed by atoms with Crippen molar-refractivity contribution in [2.24, 2.45) is 0 Å².